The van der Waals surface area contributed by atoms with E-state index in [1.165, 1.54) is 145 Å². The number of hydrogen-bond donors (Lipinski definition) is 1. The van der Waals surface area contributed by atoms with E-state index in [1.54, 1.807) is 0 Å². The first-order chi connectivity index (χ1) is 15.4. The van der Waals surface area contributed by atoms with E-state index in [1.807, 2.05) is 0 Å². The fourth-order valence-electron chi connectivity index (χ4n) is 5.99. The summed E-state index contributed by atoms with van der Waals surface area (Å²) < 4.78 is 33.3. The lowest BCUT2D eigenvalue weighted by Crippen LogP contribution is -2.75. The van der Waals surface area contributed by atoms with Crippen molar-refractivity contribution < 1.29 is 21.9 Å². The van der Waals surface area contributed by atoms with Crippen LogP contribution in [0.2, 0.25) is 0 Å². The molecule has 0 spiro atoms. The number of rotatable bonds is 20. The third-order valence-corrected chi connectivity index (χ3v) is 9.22. The summed E-state index contributed by atoms with van der Waals surface area (Å²) in [6, 6.07) is 0. The first-order valence-corrected chi connectivity index (χ1v) is 15.7. The lowest BCUT2D eigenvalue weighted by atomic mass is 10.0. The number of piperazine rings is 3. The van der Waals surface area contributed by atoms with Gasteiger partial charge in [0, 0.05) is 0 Å². The lowest BCUT2D eigenvalue weighted by Gasteiger charge is -2.55. The summed E-state index contributed by atoms with van der Waals surface area (Å²) in [5.41, 5.74) is 0. The van der Waals surface area contributed by atoms with Crippen molar-refractivity contribution in [1.29, 1.82) is 0 Å². The number of hydrogen-bond acceptors (Lipinski definition) is 2. The number of unbranched alkanes of at least 4 members (excludes halogenated alkanes) is 14. The Morgan fingerprint density at radius 2 is 0.844 bits per heavy atom. The monoisotopic (exact) mass is 474 g/mol. The van der Waals surface area contributed by atoms with Crippen molar-refractivity contribution in [3.63, 3.8) is 0 Å². The quantitative estimate of drug-likeness (QED) is 0.138. The summed E-state index contributed by atoms with van der Waals surface area (Å²) in [5, 5.41) is 0. The number of nitrogens with zero attached hydrogens (tertiary/aromatic N) is 2. The smallest absolute Gasteiger partial charge is 0.264 e. The van der Waals surface area contributed by atoms with Crippen LogP contribution in [0, 0.1) is 0 Å². The maximum atomic E-state index is 10.9. The topological polar surface area (TPSA) is 54.4 Å². The lowest BCUT2D eigenvalue weighted by molar-refractivity contribution is -1.08. The van der Waals surface area contributed by atoms with Gasteiger partial charge in [-0.05, 0) is 25.7 Å². The second kappa shape index (κ2) is 15.0. The van der Waals surface area contributed by atoms with E-state index in [-0.39, 0.29) is 5.75 Å². The minimum atomic E-state index is -3.79. The Kier molecular flexibility index (Phi) is 13.1. The summed E-state index contributed by atoms with van der Waals surface area (Å²) in [7, 11) is -3.79. The van der Waals surface area contributed by atoms with Crippen molar-refractivity contribution in [1.82, 2.24) is 0 Å². The van der Waals surface area contributed by atoms with E-state index in [9.17, 15) is 8.42 Å². The van der Waals surface area contributed by atoms with E-state index in [0.29, 0.717) is 6.42 Å². The van der Waals surface area contributed by atoms with Crippen LogP contribution in [-0.4, -0.2) is 80.0 Å². The number of quaternary nitrogens is 2. The molecule has 0 aromatic heterocycles. The molecule has 0 aromatic rings. The summed E-state index contributed by atoms with van der Waals surface area (Å²) in [6.07, 6.45) is 21.5. The molecule has 3 fully saturated rings. The highest BCUT2D eigenvalue weighted by molar-refractivity contribution is 7.85. The zero-order valence-corrected chi connectivity index (χ0v) is 22.1. The average molecular weight is 475 g/mol. The van der Waals surface area contributed by atoms with E-state index < -0.39 is 10.1 Å². The van der Waals surface area contributed by atoms with Gasteiger partial charge in [0.05, 0.1) is 18.8 Å². The zero-order valence-electron chi connectivity index (χ0n) is 21.2. The minimum absolute atomic E-state index is 0.0773. The van der Waals surface area contributed by atoms with E-state index in [4.69, 9.17) is 4.55 Å². The molecular formula is C26H54N2O3S+2. The largest absolute Gasteiger partial charge is 0.310 e. The summed E-state index contributed by atoms with van der Waals surface area (Å²) in [4.78, 5) is 0. The van der Waals surface area contributed by atoms with E-state index >= 15 is 0 Å². The van der Waals surface area contributed by atoms with Crippen LogP contribution in [0.3, 0.4) is 0 Å². The molecule has 3 aliphatic heterocycles. The van der Waals surface area contributed by atoms with Gasteiger partial charge in [-0.1, -0.05) is 84.0 Å². The molecule has 6 heteroatoms. The highest BCUT2D eigenvalue weighted by Gasteiger charge is 2.48. The van der Waals surface area contributed by atoms with Gasteiger partial charge in [-0.3, -0.25) is 4.55 Å². The summed E-state index contributed by atoms with van der Waals surface area (Å²) in [5.74, 6) is -0.0773. The molecule has 3 saturated heterocycles. The van der Waals surface area contributed by atoms with Crippen LogP contribution in [0.15, 0.2) is 0 Å². The first kappa shape index (κ1) is 28.1. The molecule has 0 radical (unpaired) electrons. The third kappa shape index (κ3) is 11.3. The highest BCUT2D eigenvalue weighted by atomic mass is 32.2. The fraction of sp³-hybridized carbons (Fsp3) is 1.00. The standard InChI is InChI=1S/C26H53N2O3S/c1-2-3-4-5-6-7-8-9-10-11-12-13-14-15-18-27-20-23-28(24-21-27,25-22-27)19-16-17-26-32(29,30)31/h2-26H2,1H3/q+1/p+1. The molecule has 0 unspecified atom stereocenters. The van der Waals surface area contributed by atoms with Crippen molar-refractivity contribution in [3.05, 3.63) is 0 Å². The molecule has 32 heavy (non-hydrogen) atoms. The van der Waals surface area contributed by atoms with Gasteiger partial charge >= 0.3 is 0 Å². The molecule has 0 aliphatic carbocycles. The molecule has 2 bridgehead atoms. The third-order valence-electron chi connectivity index (χ3n) is 8.42. The predicted molar refractivity (Wildman–Crippen MR) is 135 cm³/mol. The molecule has 3 aliphatic rings. The molecule has 3 heterocycles. The Balaban J connectivity index is 1.42. The van der Waals surface area contributed by atoms with Crippen LogP contribution < -0.4 is 0 Å². The second-order valence-corrected chi connectivity index (χ2v) is 12.6. The Labute approximate surface area is 199 Å². The van der Waals surface area contributed by atoms with Gasteiger partial charge in [0.25, 0.3) is 10.1 Å². The molecule has 5 nitrogen and oxygen atoms in total. The van der Waals surface area contributed by atoms with Crippen molar-refractivity contribution in [2.75, 3.05) is 58.1 Å². The Bertz CT molecular complexity index is 569. The molecule has 1 N–H and O–H groups in total. The van der Waals surface area contributed by atoms with Gasteiger partial charge in [0.1, 0.15) is 39.3 Å². The van der Waals surface area contributed by atoms with Crippen molar-refractivity contribution in [3.8, 4) is 0 Å². The Morgan fingerprint density at radius 3 is 1.19 bits per heavy atom. The molecule has 0 aromatic carbocycles. The predicted octanol–water partition coefficient (Wildman–Crippen LogP) is 5.80. The van der Waals surface area contributed by atoms with Crippen LogP contribution in [0.25, 0.3) is 0 Å². The van der Waals surface area contributed by atoms with Crippen molar-refractivity contribution in [2.24, 2.45) is 0 Å². The second-order valence-electron chi connectivity index (χ2n) is 11.1. The summed E-state index contributed by atoms with van der Waals surface area (Å²) >= 11 is 0. The molecular weight excluding hydrogens is 420 g/mol. The van der Waals surface area contributed by atoms with Gasteiger partial charge in [0.15, 0.2) is 0 Å². The molecule has 3 rings (SSSR count). The van der Waals surface area contributed by atoms with Gasteiger partial charge in [-0.25, -0.2) is 0 Å². The normalized spacial score (nSPS) is 25.4. The first-order valence-electron chi connectivity index (χ1n) is 14.0. The SMILES string of the molecule is CCCCCCCCCCCCCCCC[N+]12CC[N+](CCCCS(=O)(=O)O)(CC1)CC2. The Morgan fingerprint density at radius 1 is 0.531 bits per heavy atom. The fourth-order valence-corrected chi connectivity index (χ4v) is 6.56. The van der Waals surface area contributed by atoms with Crippen LogP contribution >= 0.6 is 0 Å². The van der Waals surface area contributed by atoms with Crippen molar-refractivity contribution >= 4 is 10.1 Å². The highest BCUT2D eigenvalue weighted by Crippen LogP contribution is 2.28. The maximum Gasteiger partial charge on any atom is 0.264 e. The van der Waals surface area contributed by atoms with Gasteiger partial charge in [-0.15, -0.1) is 0 Å². The molecule has 0 saturated carbocycles. The van der Waals surface area contributed by atoms with Crippen LogP contribution in [0.1, 0.15) is 110 Å². The van der Waals surface area contributed by atoms with E-state index in [2.05, 4.69) is 6.92 Å². The van der Waals surface area contributed by atoms with Crippen LogP contribution in [0.5, 0.6) is 0 Å². The average Bonchev–Trinajstić information content (AvgIpc) is 2.78. The van der Waals surface area contributed by atoms with Crippen molar-refractivity contribution in [2.45, 2.75) is 110 Å². The maximum absolute atomic E-state index is 10.9. The van der Waals surface area contributed by atoms with Gasteiger partial charge in [-0.2, -0.15) is 8.42 Å². The summed E-state index contributed by atoms with van der Waals surface area (Å²) in [6.45, 7) is 12.5. The minimum Gasteiger partial charge on any atom is -0.310 e. The molecule has 0 amide bonds. The van der Waals surface area contributed by atoms with Gasteiger partial charge < -0.3 is 8.97 Å². The van der Waals surface area contributed by atoms with Gasteiger partial charge in [0.2, 0.25) is 0 Å². The molecule has 0 atom stereocenters. The zero-order chi connectivity index (χ0) is 23.2. The van der Waals surface area contributed by atoms with Crippen LogP contribution in [0.4, 0.5) is 0 Å². The van der Waals surface area contributed by atoms with Crippen LogP contribution in [-0.2, 0) is 10.1 Å². The molecule has 190 valence electrons. The Hall–Kier alpha value is -0.170. The van der Waals surface area contributed by atoms with E-state index in [0.717, 1.165) is 13.0 Å². The number of fused-ring (bicyclic) bond motifs is 3.